The van der Waals surface area contributed by atoms with Gasteiger partial charge in [0.2, 0.25) is 10.0 Å². The number of alkyl halides is 3. The van der Waals surface area contributed by atoms with Crippen LogP contribution in [0.1, 0.15) is 30.5 Å². The first kappa shape index (κ1) is 25.9. The molecule has 32 heavy (non-hydrogen) atoms. The Morgan fingerprint density at radius 3 is 2.62 bits per heavy atom. The number of aromatic nitrogens is 2. The number of nitrogens with zero attached hydrogens (tertiary/aromatic N) is 3. The molecular formula is C19H27F3N4O5S. The van der Waals surface area contributed by atoms with Gasteiger partial charge in [0.05, 0.1) is 11.4 Å². The Bertz CT molecular complexity index is 987. The maximum atomic E-state index is 11.6. The maximum absolute atomic E-state index is 11.6. The summed E-state index contributed by atoms with van der Waals surface area (Å²) in [6, 6.07) is 6.17. The van der Waals surface area contributed by atoms with Crippen molar-refractivity contribution in [2.24, 2.45) is 5.92 Å². The number of hydrogen-bond donors (Lipinski definition) is 2. The summed E-state index contributed by atoms with van der Waals surface area (Å²) >= 11 is 0. The molecule has 3 rings (SSSR count). The van der Waals surface area contributed by atoms with Gasteiger partial charge in [-0.1, -0.05) is 5.16 Å². The van der Waals surface area contributed by atoms with E-state index in [-0.39, 0.29) is 5.75 Å². The summed E-state index contributed by atoms with van der Waals surface area (Å²) in [6.45, 7) is 7.44. The molecule has 9 nitrogen and oxygen atoms in total. The third-order valence-electron chi connectivity index (χ3n) is 4.84. The monoisotopic (exact) mass is 480 g/mol. The van der Waals surface area contributed by atoms with Gasteiger partial charge in [-0.15, -0.1) is 0 Å². The SMILES string of the molecule is CCS(=O)(=O)NCCC1CN(Cc2cc(C)on2)Cc2cccn2C1.O=C(O)C(F)(F)F. The lowest BCUT2D eigenvalue weighted by Gasteiger charge is -2.23. The molecule has 0 amide bonds. The van der Waals surface area contributed by atoms with Gasteiger partial charge in [-0.25, -0.2) is 17.9 Å². The number of sulfonamides is 1. The molecule has 2 aromatic rings. The molecule has 0 fully saturated rings. The van der Waals surface area contributed by atoms with Gasteiger partial charge in [-0.3, -0.25) is 4.90 Å². The summed E-state index contributed by atoms with van der Waals surface area (Å²) in [5.41, 5.74) is 2.21. The van der Waals surface area contributed by atoms with E-state index in [1.54, 1.807) is 6.92 Å². The molecule has 180 valence electrons. The van der Waals surface area contributed by atoms with Crippen LogP contribution in [0.4, 0.5) is 13.2 Å². The molecule has 1 atom stereocenters. The molecule has 1 aliphatic heterocycles. The quantitative estimate of drug-likeness (QED) is 0.625. The fourth-order valence-electron chi connectivity index (χ4n) is 3.31. The summed E-state index contributed by atoms with van der Waals surface area (Å²) in [6.07, 6.45) is -2.17. The Morgan fingerprint density at radius 2 is 2.06 bits per heavy atom. The smallest absolute Gasteiger partial charge is 0.475 e. The summed E-state index contributed by atoms with van der Waals surface area (Å²) in [7, 11) is -3.13. The van der Waals surface area contributed by atoms with Gasteiger partial charge < -0.3 is 14.2 Å². The minimum atomic E-state index is -5.08. The van der Waals surface area contributed by atoms with Crippen LogP contribution in [0.25, 0.3) is 0 Å². The molecule has 1 unspecified atom stereocenters. The first-order valence-electron chi connectivity index (χ1n) is 9.95. The number of carboxylic acid groups (broad SMARTS) is 1. The predicted molar refractivity (Wildman–Crippen MR) is 109 cm³/mol. The number of hydrogen-bond acceptors (Lipinski definition) is 6. The second-order valence-electron chi connectivity index (χ2n) is 7.51. The van der Waals surface area contributed by atoms with E-state index in [0.717, 1.165) is 44.1 Å². The minimum Gasteiger partial charge on any atom is -0.475 e. The maximum Gasteiger partial charge on any atom is 0.490 e. The van der Waals surface area contributed by atoms with Crippen LogP contribution >= 0.6 is 0 Å². The molecule has 2 aromatic heterocycles. The lowest BCUT2D eigenvalue weighted by molar-refractivity contribution is -0.192. The molecular weight excluding hydrogens is 453 g/mol. The van der Waals surface area contributed by atoms with E-state index >= 15 is 0 Å². The van der Waals surface area contributed by atoms with E-state index in [9.17, 15) is 21.6 Å². The van der Waals surface area contributed by atoms with E-state index in [1.165, 1.54) is 5.69 Å². The van der Waals surface area contributed by atoms with Crippen molar-refractivity contribution in [2.75, 3.05) is 18.8 Å². The summed E-state index contributed by atoms with van der Waals surface area (Å²) in [5, 5.41) is 11.2. The third kappa shape index (κ3) is 8.28. The molecule has 0 bridgehead atoms. The number of carbonyl (C=O) groups is 1. The third-order valence-corrected chi connectivity index (χ3v) is 6.24. The Balaban J connectivity index is 0.000000451. The predicted octanol–water partition coefficient (Wildman–Crippen LogP) is 2.38. The summed E-state index contributed by atoms with van der Waals surface area (Å²) in [4.78, 5) is 11.3. The first-order chi connectivity index (χ1) is 14.9. The van der Waals surface area contributed by atoms with Crippen molar-refractivity contribution >= 4 is 16.0 Å². The molecule has 0 aliphatic carbocycles. The summed E-state index contributed by atoms with van der Waals surface area (Å²) < 4.78 is 65.1. The van der Waals surface area contributed by atoms with Crippen molar-refractivity contribution in [2.45, 2.75) is 46.1 Å². The van der Waals surface area contributed by atoms with E-state index < -0.39 is 22.2 Å². The van der Waals surface area contributed by atoms with Crippen molar-refractivity contribution < 1.29 is 36.0 Å². The standard InChI is InChI=1S/C17H26N4O3S.C2HF3O2/c1-3-25(22,23)18-7-6-15-10-20(12-16-9-14(2)24-19-16)13-17-5-4-8-21(17)11-15;3-2(4,5)1(6)7/h4-5,8-9,15,18H,3,6-7,10-13H2,1-2H3;(H,6,7). The Hall–Kier alpha value is -2.38. The van der Waals surface area contributed by atoms with Crippen LogP contribution in [0.2, 0.25) is 0 Å². The van der Waals surface area contributed by atoms with Crippen molar-refractivity contribution in [3.63, 3.8) is 0 Å². The first-order valence-corrected chi connectivity index (χ1v) is 11.6. The van der Waals surface area contributed by atoms with Gasteiger partial charge in [0.25, 0.3) is 0 Å². The topological polar surface area (TPSA) is 118 Å². The zero-order chi connectivity index (χ0) is 23.9. The van der Waals surface area contributed by atoms with Crippen LogP contribution in [0.15, 0.2) is 28.9 Å². The highest BCUT2D eigenvalue weighted by atomic mass is 32.2. The molecule has 0 saturated carbocycles. The number of fused-ring (bicyclic) bond motifs is 1. The number of carboxylic acids is 1. The highest BCUT2D eigenvalue weighted by molar-refractivity contribution is 7.89. The van der Waals surface area contributed by atoms with Crippen molar-refractivity contribution in [1.29, 1.82) is 0 Å². The second-order valence-corrected chi connectivity index (χ2v) is 9.60. The van der Waals surface area contributed by atoms with Crippen LogP contribution in [0, 0.1) is 12.8 Å². The molecule has 0 aromatic carbocycles. The number of aliphatic carboxylic acids is 1. The van der Waals surface area contributed by atoms with E-state index in [2.05, 4.69) is 37.7 Å². The Kier molecular flexibility index (Phi) is 8.87. The van der Waals surface area contributed by atoms with Gasteiger partial charge in [0.1, 0.15) is 5.76 Å². The second kappa shape index (κ2) is 11.0. The Labute approximate surface area is 184 Å². The normalized spacial score (nSPS) is 17.2. The average molecular weight is 481 g/mol. The van der Waals surface area contributed by atoms with Crippen molar-refractivity contribution in [3.05, 3.63) is 41.5 Å². The van der Waals surface area contributed by atoms with Gasteiger partial charge in [0, 0.05) is 50.7 Å². The number of nitrogens with one attached hydrogen (secondary N) is 1. The minimum absolute atomic E-state index is 0.122. The van der Waals surface area contributed by atoms with E-state index in [4.69, 9.17) is 14.4 Å². The van der Waals surface area contributed by atoms with Gasteiger partial charge in [0.15, 0.2) is 0 Å². The van der Waals surface area contributed by atoms with Crippen LogP contribution < -0.4 is 4.72 Å². The van der Waals surface area contributed by atoms with Gasteiger partial charge in [-0.2, -0.15) is 13.2 Å². The van der Waals surface area contributed by atoms with E-state index in [1.807, 2.05) is 13.0 Å². The summed E-state index contributed by atoms with van der Waals surface area (Å²) in [5.74, 6) is -1.44. The molecule has 0 saturated heterocycles. The van der Waals surface area contributed by atoms with Crippen LogP contribution in [-0.2, 0) is 34.5 Å². The zero-order valence-electron chi connectivity index (χ0n) is 17.8. The van der Waals surface area contributed by atoms with Crippen LogP contribution in [0.3, 0.4) is 0 Å². The van der Waals surface area contributed by atoms with E-state index in [0.29, 0.717) is 12.5 Å². The molecule has 2 N–H and O–H groups in total. The fourth-order valence-corrected chi connectivity index (χ4v) is 3.94. The highest BCUT2D eigenvalue weighted by Crippen LogP contribution is 2.21. The lowest BCUT2D eigenvalue weighted by Crippen LogP contribution is -2.32. The molecule has 0 radical (unpaired) electrons. The van der Waals surface area contributed by atoms with Crippen LogP contribution in [0.5, 0.6) is 0 Å². The number of aryl methyl sites for hydroxylation is 1. The fraction of sp³-hybridized carbons (Fsp3) is 0.579. The van der Waals surface area contributed by atoms with Gasteiger partial charge >= 0.3 is 12.1 Å². The molecule has 13 heteroatoms. The zero-order valence-corrected chi connectivity index (χ0v) is 18.6. The molecule has 3 heterocycles. The Morgan fingerprint density at radius 1 is 1.38 bits per heavy atom. The number of rotatable bonds is 7. The van der Waals surface area contributed by atoms with Crippen LogP contribution in [-0.4, -0.2) is 59.1 Å². The van der Waals surface area contributed by atoms with Crippen molar-refractivity contribution in [1.82, 2.24) is 19.3 Å². The largest absolute Gasteiger partial charge is 0.490 e. The molecule has 1 aliphatic rings. The molecule has 0 spiro atoms. The van der Waals surface area contributed by atoms with Gasteiger partial charge in [-0.05, 0) is 38.3 Å². The average Bonchev–Trinajstić information content (AvgIpc) is 3.26. The lowest BCUT2D eigenvalue weighted by atomic mass is 10.1. The highest BCUT2D eigenvalue weighted by Gasteiger charge is 2.38. The van der Waals surface area contributed by atoms with Crippen molar-refractivity contribution in [3.8, 4) is 0 Å². The number of halogens is 3.